The van der Waals surface area contributed by atoms with Crippen molar-refractivity contribution >= 4 is 23.1 Å². The van der Waals surface area contributed by atoms with Gasteiger partial charge in [0.1, 0.15) is 19.3 Å². The van der Waals surface area contributed by atoms with E-state index in [0.29, 0.717) is 47.7 Å². The largest absolute Gasteiger partial charge is 0.479 e. The molecule has 2 aliphatic heterocycles. The molecule has 0 unspecified atom stereocenters. The number of aromatic amines is 1. The van der Waals surface area contributed by atoms with Crippen molar-refractivity contribution in [3.05, 3.63) is 96.3 Å². The van der Waals surface area contributed by atoms with E-state index in [2.05, 4.69) is 179 Å². The van der Waals surface area contributed by atoms with Gasteiger partial charge in [0.05, 0.1) is 30.1 Å². The van der Waals surface area contributed by atoms with Crippen LogP contribution in [0, 0.1) is 11.8 Å². The molecule has 18 heteroatoms. The molecule has 2 N–H and O–H groups in total. The summed E-state index contributed by atoms with van der Waals surface area (Å²) in [5.74, 6) is 5.44. The summed E-state index contributed by atoms with van der Waals surface area (Å²) in [6.45, 7) is 37.3. The quantitative estimate of drug-likeness (QED) is 0.148. The summed E-state index contributed by atoms with van der Waals surface area (Å²) >= 11 is 1.72. The maximum absolute atomic E-state index is 5.16. The summed E-state index contributed by atoms with van der Waals surface area (Å²) in [6.07, 6.45) is 15.9. The fraction of sp³-hybridized carbons (Fsp3) is 0.609. The predicted molar refractivity (Wildman–Crippen MR) is 261 cm³/mol. The van der Waals surface area contributed by atoms with E-state index in [9.17, 15) is 0 Å². The molecule has 0 amide bonds. The molecule has 6 aromatic heterocycles. The number of nitrogens with one attached hydrogen (secondary N) is 2. The first kappa shape index (κ1) is 56.5. The Kier molecular flexibility index (Phi) is 29.2. The van der Waals surface area contributed by atoms with Crippen molar-refractivity contribution in [2.45, 2.75) is 147 Å². The van der Waals surface area contributed by atoms with Crippen molar-refractivity contribution < 1.29 is 9.26 Å². The van der Waals surface area contributed by atoms with Gasteiger partial charge in [0.2, 0.25) is 6.39 Å². The molecule has 17 nitrogen and oxygen atoms in total. The van der Waals surface area contributed by atoms with Crippen LogP contribution < -0.4 is 5.32 Å². The van der Waals surface area contributed by atoms with Gasteiger partial charge in [0.15, 0.2) is 11.7 Å². The van der Waals surface area contributed by atoms with Gasteiger partial charge < -0.3 is 19.1 Å². The Morgan fingerprint density at radius 3 is 1.64 bits per heavy atom. The van der Waals surface area contributed by atoms with Crippen LogP contribution in [0.2, 0.25) is 0 Å². The normalized spacial score (nSPS) is 12.4. The first-order chi connectivity index (χ1) is 30.4. The van der Waals surface area contributed by atoms with E-state index in [4.69, 9.17) is 4.74 Å². The highest BCUT2D eigenvalue weighted by Crippen LogP contribution is 2.15. The van der Waals surface area contributed by atoms with E-state index in [-0.39, 0.29) is 0 Å². The zero-order valence-corrected chi connectivity index (χ0v) is 42.3. The van der Waals surface area contributed by atoms with E-state index < -0.39 is 0 Å². The Morgan fingerprint density at radius 2 is 1.39 bits per heavy atom. The molecule has 8 heterocycles. The molecule has 0 radical (unpaired) electrons. The van der Waals surface area contributed by atoms with Crippen molar-refractivity contribution in [3.63, 3.8) is 0 Å². The van der Waals surface area contributed by atoms with Crippen LogP contribution in [0.3, 0.4) is 0 Å². The zero-order chi connectivity index (χ0) is 47.9. The lowest BCUT2D eigenvalue weighted by Crippen LogP contribution is -2.23. The highest BCUT2D eigenvalue weighted by atomic mass is 32.1. The second kappa shape index (κ2) is 33.1. The van der Waals surface area contributed by atoms with Gasteiger partial charge in [0, 0.05) is 90.4 Å². The summed E-state index contributed by atoms with van der Waals surface area (Å²) in [7, 11) is 0. The smallest absolute Gasteiger partial charge is 0.213 e. The molecule has 0 atom stereocenters. The monoisotopic (exact) mass is 906 g/mol. The van der Waals surface area contributed by atoms with Gasteiger partial charge in [0.25, 0.3) is 0 Å². The van der Waals surface area contributed by atoms with Crippen LogP contribution in [0.4, 0.5) is 0 Å². The maximum Gasteiger partial charge on any atom is 0.213 e. The van der Waals surface area contributed by atoms with E-state index in [0.717, 1.165) is 38.0 Å². The van der Waals surface area contributed by atoms with Gasteiger partial charge >= 0.3 is 0 Å². The molecule has 0 fully saturated rings. The molecule has 0 aliphatic carbocycles. The topological polar surface area (TPSA) is 193 Å². The SMILES string of the molecule is CC(C)C1=NCCN1.CC(C)C1=NCCO1.CC(C)c1ccn[nH]1.CC(C)c1nccs1.CC(C)c1ncon1.CC(C)n1cccc1.CC(C)n1ccnn1.CC(C)n1cncn1. The van der Waals surface area contributed by atoms with Crippen molar-refractivity contribution in [2.75, 3.05) is 26.2 Å². The van der Waals surface area contributed by atoms with Gasteiger partial charge in [-0.05, 0) is 65.7 Å². The Bertz CT molecular complexity index is 1610. The van der Waals surface area contributed by atoms with Crippen LogP contribution in [0.5, 0.6) is 0 Å². The molecule has 6 aromatic rings. The number of rotatable bonds is 8. The minimum atomic E-state index is 0.369. The van der Waals surface area contributed by atoms with Gasteiger partial charge in [-0.3, -0.25) is 24.4 Å². The highest BCUT2D eigenvalue weighted by molar-refractivity contribution is 7.09. The van der Waals surface area contributed by atoms with Crippen molar-refractivity contribution in [3.8, 4) is 0 Å². The standard InChI is InChI=1S/C7H11N.C6H12N2.C6H10N2.C6H11NO.C6H9NS.2C5H9N3.C5H8N2O/c1-7(2)8-5-3-4-6-8;1-5(2)6-7-3-4-8-6;1-5(2)6-3-4-7-8-6;2*1-5(2)6-7-3-4-8-6;1-5(2)8-4-6-3-7-8;1-5(2)8-4-3-6-7-8;1-4(2)5-6-3-8-7-5/h3-7H,1-2H3;5H,3-4H2,1-2H3,(H,7,8);3-5H,1-2H3,(H,7,8);5H,3-4H2,1-2H3;3*3-5H,1-2H3;3-4H,1-2H3. The van der Waals surface area contributed by atoms with Gasteiger partial charge in [-0.15, -0.1) is 16.4 Å². The van der Waals surface area contributed by atoms with E-state index >= 15 is 0 Å². The lowest BCUT2D eigenvalue weighted by Gasteiger charge is -2.03. The number of aromatic nitrogens is 12. The Hall–Kier alpha value is -5.52. The van der Waals surface area contributed by atoms with E-state index in [1.807, 2.05) is 49.8 Å². The maximum atomic E-state index is 5.16. The first-order valence-electron chi connectivity index (χ1n) is 22.4. The van der Waals surface area contributed by atoms with Crippen LogP contribution in [-0.2, 0) is 4.74 Å². The third-order valence-corrected chi connectivity index (χ3v) is 9.57. The van der Waals surface area contributed by atoms with Crippen LogP contribution in [-0.4, -0.2) is 97.6 Å². The lowest BCUT2D eigenvalue weighted by atomic mass is 10.1. The van der Waals surface area contributed by atoms with Crippen LogP contribution >= 0.6 is 11.3 Å². The summed E-state index contributed by atoms with van der Waals surface area (Å²) in [6, 6.07) is 7.53. The number of H-pyrrole nitrogens is 1. The third kappa shape index (κ3) is 25.6. The van der Waals surface area contributed by atoms with E-state index in [1.165, 1.54) is 22.9 Å². The molecule has 356 valence electrons. The molecule has 0 saturated carbocycles. The molecular formula is C46H79N15O2S. The minimum Gasteiger partial charge on any atom is -0.479 e. The Morgan fingerprint density at radius 1 is 0.688 bits per heavy atom. The summed E-state index contributed by atoms with van der Waals surface area (Å²) in [5, 5.41) is 28.1. The number of amidine groups is 1. The summed E-state index contributed by atoms with van der Waals surface area (Å²) in [4.78, 5) is 20.1. The second-order valence-corrected chi connectivity index (χ2v) is 17.8. The fourth-order valence-electron chi connectivity index (χ4n) is 4.71. The van der Waals surface area contributed by atoms with Gasteiger partial charge in [-0.25, -0.2) is 9.97 Å². The van der Waals surface area contributed by atoms with Crippen LogP contribution in [0.25, 0.3) is 0 Å². The van der Waals surface area contributed by atoms with E-state index in [1.54, 1.807) is 45.7 Å². The number of hydrogen-bond acceptors (Lipinski definition) is 14. The highest BCUT2D eigenvalue weighted by Gasteiger charge is 2.10. The van der Waals surface area contributed by atoms with Crippen molar-refractivity contribution in [1.29, 1.82) is 0 Å². The molecule has 0 spiro atoms. The molecule has 0 saturated heterocycles. The molecule has 2 aliphatic rings. The lowest BCUT2D eigenvalue weighted by molar-refractivity contribution is 0.328. The predicted octanol–water partition coefficient (Wildman–Crippen LogP) is 10.5. The minimum absolute atomic E-state index is 0.369. The van der Waals surface area contributed by atoms with Crippen LogP contribution in [0.15, 0.2) is 94.3 Å². The summed E-state index contributed by atoms with van der Waals surface area (Å²) in [5.41, 5.74) is 1.20. The molecule has 0 aromatic carbocycles. The summed E-state index contributed by atoms with van der Waals surface area (Å²) < 4.78 is 15.5. The number of ether oxygens (including phenoxy) is 1. The Balaban J connectivity index is 0.000000366. The zero-order valence-electron chi connectivity index (χ0n) is 41.5. The molecule has 0 bridgehead atoms. The van der Waals surface area contributed by atoms with Crippen molar-refractivity contribution in [2.24, 2.45) is 21.8 Å². The van der Waals surface area contributed by atoms with Gasteiger partial charge in [-0.2, -0.15) is 15.2 Å². The van der Waals surface area contributed by atoms with Crippen molar-refractivity contribution in [1.82, 2.24) is 65.0 Å². The molecule has 64 heavy (non-hydrogen) atoms. The molecular weight excluding hydrogens is 827 g/mol. The third-order valence-electron chi connectivity index (χ3n) is 8.49. The number of aliphatic imine (C=N–C) groups is 2. The number of hydrogen-bond donors (Lipinski definition) is 2. The number of thiazole rings is 1. The average Bonchev–Trinajstić information content (AvgIpc) is 4.12. The first-order valence-corrected chi connectivity index (χ1v) is 23.2. The molecule has 8 rings (SSSR count). The second-order valence-electron chi connectivity index (χ2n) is 16.9. The fourth-order valence-corrected chi connectivity index (χ4v) is 5.37. The average molecular weight is 906 g/mol. The van der Waals surface area contributed by atoms with Gasteiger partial charge in [-0.1, -0.05) is 79.6 Å². The van der Waals surface area contributed by atoms with Crippen LogP contribution in [0.1, 0.15) is 163 Å². The number of nitrogens with zero attached hydrogens (tertiary/aromatic N) is 13. The Labute approximate surface area is 387 Å².